The number of carbonyl (C=O) groups is 19. The van der Waals surface area contributed by atoms with Crippen LogP contribution < -0.4 is 0 Å². The van der Waals surface area contributed by atoms with Crippen LogP contribution in [-0.4, -0.2) is 207 Å². The van der Waals surface area contributed by atoms with E-state index in [-0.39, 0.29) is 114 Å². The van der Waals surface area contributed by atoms with Crippen LogP contribution in [-0.2, 0) is 161 Å². The number of rotatable bonds is 32. The van der Waals surface area contributed by atoms with Crippen LogP contribution in [0.2, 0.25) is 0 Å². The van der Waals surface area contributed by atoms with Crippen molar-refractivity contribution in [1.29, 1.82) is 0 Å². The summed E-state index contributed by atoms with van der Waals surface area (Å²) in [7, 11) is -3.74. The smallest absolute Gasteiger partial charge is 0.481 e. The van der Waals surface area contributed by atoms with Gasteiger partial charge >= 0.3 is 109 Å². The second-order valence-corrected chi connectivity index (χ2v) is 22.3. The number of allylic oxidation sites excluding steroid dienone is 4. The fourth-order valence-electron chi connectivity index (χ4n) is 6.33. The maximum Gasteiger partial charge on any atom is 0.530 e. The van der Waals surface area contributed by atoms with Gasteiger partial charge in [-0.3, -0.25) is 42.6 Å². The lowest BCUT2D eigenvalue weighted by molar-refractivity contribution is -0.217. The number of carboxylic acid groups (broad SMARTS) is 6. The first-order valence-corrected chi connectivity index (χ1v) is 34.4. The zero-order valence-corrected chi connectivity index (χ0v) is 64.9. The van der Waals surface area contributed by atoms with Crippen LogP contribution in [0, 0.1) is 11.8 Å². The van der Waals surface area contributed by atoms with Crippen LogP contribution in [0.1, 0.15) is 190 Å². The fraction of sp³-hybridized carbons (Fsp3) is 0.597. The second-order valence-electron chi connectivity index (χ2n) is 20.7. The topological polar surface area (TPSA) is 592 Å². The Morgan fingerprint density at radius 3 is 1.09 bits per heavy atom. The minimum atomic E-state index is -3.74. The van der Waals surface area contributed by atoms with E-state index in [4.69, 9.17) is 96.3 Å². The molecule has 0 bridgehead atoms. The van der Waals surface area contributed by atoms with E-state index in [1.165, 1.54) is 39.0 Å². The first kappa shape index (κ1) is 108. The van der Waals surface area contributed by atoms with E-state index < -0.39 is 156 Å². The predicted molar refractivity (Wildman–Crippen MR) is 365 cm³/mol. The number of cyclic esters (lactones) is 3. The van der Waals surface area contributed by atoms with E-state index in [9.17, 15) is 95.7 Å². The molecule has 3 aliphatic rings. The number of carbonyl (C=O) groups excluding carboxylic acids is 13. The van der Waals surface area contributed by atoms with Gasteiger partial charge in [-0.05, 0) is 107 Å². The van der Waals surface area contributed by atoms with Crippen molar-refractivity contribution in [2.24, 2.45) is 11.8 Å². The van der Waals surface area contributed by atoms with Crippen molar-refractivity contribution >= 4 is 120 Å². The van der Waals surface area contributed by atoms with Crippen LogP contribution in [0.5, 0.6) is 0 Å². The molecule has 0 amide bonds. The maximum absolute atomic E-state index is 12.0. The molecule has 614 valence electrons. The lowest BCUT2D eigenvalue weighted by atomic mass is 10.0. The highest BCUT2D eigenvalue weighted by Crippen LogP contribution is 2.51. The molecular formula is C67H101O40P. The lowest BCUT2D eigenvalue weighted by Crippen LogP contribution is -2.46. The third-order valence-corrected chi connectivity index (χ3v) is 13.4. The van der Waals surface area contributed by atoms with Crippen molar-refractivity contribution in [3.63, 3.8) is 0 Å². The number of phosphoric ester groups is 1. The average Bonchev–Trinajstić information content (AvgIpc) is 1.63. The highest BCUT2D eigenvalue weighted by molar-refractivity contribution is 7.48. The number of carboxylic acids is 6. The fourth-order valence-corrected chi connectivity index (χ4v) is 7.56. The Hall–Kier alpha value is -10.8. The van der Waals surface area contributed by atoms with Gasteiger partial charge in [0.2, 0.25) is 52.0 Å². The van der Waals surface area contributed by atoms with E-state index in [0.717, 1.165) is 0 Å². The summed E-state index contributed by atoms with van der Waals surface area (Å²) in [5.74, 6) is -23.5. The van der Waals surface area contributed by atoms with Gasteiger partial charge in [0.15, 0.2) is 0 Å². The molecule has 41 heteroatoms. The molecule has 108 heavy (non-hydrogen) atoms. The molecular weight excluding hydrogens is 1480 g/mol. The first-order chi connectivity index (χ1) is 50.1. The monoisotopic (exact) mass is 1580 g/mol. The number of Topliss-reactive ketones (excluding diaryl/α,β-unsaturated/α-hetero) is 5. The van der Waals surface area contributed by atoms with Crippen molar-refractivity contribution in [2.45, 2.75) is 207 Å². The van der Waals surface area contributed by atoms with Crippen LogP contribution in [0.3, 0.4) is 0 Å². The average molecular weight is 1580 g/mol. The highest BCUT2D eigenvalue weighted by Gasteiger charge is 2.57. The van der Waals surface area contributed by atoms with Gasteiger partial charge in [0, 0.05) is 50.4 Å². The van der Waals surface area contributed by atoms with Crippen molar-refractivity contribution in [1.82, 2.24) is 0 Å². The summed E-state index contributed by atoms with van der Waals surface area (Å²) in [6, 6.07) is 0. The van der Waals surface area contributed by atoms with Gasteiger partial charge in [-0.2, -0.15) is 0 Å². The standard InChI is InChI=1S/C13H18O7.C12H18O5.C10H19O6P.C10H14O5.C5H6O5.C5H8O3.3C4H6O3/c1-4-9-11(15)20-13(19-9,12(16)18-6-3)8-7-10(14)17-5-2;1-6-15-11(14)12(8(4)5)16-9(7(2)3)10(13)17-12;1-5-9(10(11)13-6-2)16-17(12,14-7-3)15-8-4;1-4-7-8(11)15-10(5-2,14-7)9(12)13-6-3;6-3(5(9)10)1-2-4(7)8;1-3(2)4(6)5(7)8;3*1-2-3(5)4(6)7/h4H,5-8H2,1-3H3;8H,6H2,1-5H3;5H,6-8H2,1-4H3;4H,5-6H2,1-3H3;1-2H2,(H,7,8)(H,9,10);3H,1-2H3,(H,7,8);3*2H2,1H3,(H,6,7)/b9-4-;;;7-4-;;;;;. The minimum Gasteiger partial charge on any atom is -0.481 e. The summed E-state index contributed by atoms with van der Waals surface area (Å²) >= 11 is 0. The number of hydrogen-bond acceptors (Lipinski definition) is 34. The predicted octanol–water partition coefficient (Wildman–Crippen LogP) is 6.57. The second kappa shape index (κ2) is 57.5. The number of esters is 8. The Morgan fingerprint density at radius 1 is 0.444 bits per heavy atom. The first-order valence-electron chi connectivity index (χ1n) is 33.0. The molecule has 3 fully saturated rings. The molecule has 3 heterocycles. The van der Waals surface area contributed by atoms with Gasteiger partial charge < -0.3 is 87.3 Å². The zero-order chi connectivity index (χ0) is 85.6. The number of aliphatic carboxylic acids is 6. The SMILES string of the molecule is C/C=C1\OC(CC)(C(=O)OCC)OC1=O.C/C=C1\OC(CCC(=O)OCC)(C(=O)OCC)OC1=O.CC(C)C(=O)C(=O)O.CC=C(OP(=O)(OCC)OCC)C(=O)OCC.CCC(=O)C(=O)O.CCC(=O)C(=O)O.CCC(=O)C(=O)O.CCOC(=O)C1(C(C)C)OC(=O)C(=C(C)C)O1.O=C(O)CCC(=O)C(=O)O. The summed E-state index contributed by atoms with van der Waals surface area (Å²) in [4.78, 5) is 201. The van der Waals surface area contributed by atoms with Crippen molar-refractivity contribution in [3.8, 4) is 0 Å². The molecule has 0 aromatic rings. The van der Waals surface area contributed by atoms with E-state index >= 15 is 0 Å². The molecule has 3 atom stereocenters. The van der Waals surface area contributed by atoms with Gasteiger partial charge in [-0.15, -0.1) is 0 Å². The van der Waals surface area contributed by atoms with Crippen LogP contribution >= 0.6 is 7.82 Å². The van der Waals surface area contributed by atoms with E-state index in [2.05, 4.69) is 0 Å². The van der Waals surface area contributed by atoms with Crippen molar-refractivity contribution < 1.29 is 192 Å². The number of hydrogen-bond donors (Lipinski definition) is 6. The third kappa shape index (κ3) is 42.4. The summed E-state index contributed by atoms with van der Waals surface area (Å²) in [5, 5.41) is 47.5. The number of ketones is 5. The zero-order valence-electron chi connectivity index (χ0n) is 64.0. The van der Waals surface area contributed by atoms with E-state index in [1.807, 2.05) is 0 Å². The van der Waals surface area contributed by atoms with Crippen LogP contribution in [0.25, 0.3) is 0 Å². The van der Waals surface area contributed by atoms with E-state index in [0.29, 0.717) is 5.57 Å². The summed E-state index contributed by atoms with van der Waals surface area (Å²) < 4.78 is 81.7. The normalized spacial score (nSPS) is 16.8. The molecule has 6 N–H and O–H groups in total. The molecule has 3 unspecified atom stereocenters. The Labute approximate surface area is 622 Å². The van der Waals surface area contributed by atoms with Crippen molar-refractivity contribution in [2.75, 3.05) is 46.2 Å². The van der Waals surface area contributed by atoms with Gasteiger partial charge in [-0.1, -0.05) is 55.4 Å². The summed E-state index contributed by atoms with van der Waals surface area (Å²) in [6.07, 6.45) is 3.49. The third-order valence-electron chi connectivity index (χ3n) is 11.8. The van der Waals surface area contributed by atoms with Gasteiger partial charge in [0.1, 0.15) is 0 Å². The molecule has 0 aromatic heterocycles. The molecule has 0 spiro atoms. The summed E-state index contributed by atoms with van der Waals surface area (Å²) in [5.41, 5.74) is 0.668. The lowest BCUT2D eigenvalue weighted by Gasteiger charge is -2.27. The maximum atomic E-state index is 12.0. The van der Waals surface area contributed by atoms with Crippen molar-refractivity contribution in [3.05, 3.63) is 46.8 Å². The number of phosphoric acid groups is 1. The molecule has 3 aliphatic heterocycles. The number of ether oxygens (including phenoxy) is 11. The Morgan fingerprint density at radius 2 is 0.824 bits per heavy atom. The molecule has 3 rings (SSSR count). The molecule has 3 saturated heterocycles. The Balaban J connectivity index is -0.000000278. The minimum absolute atomic E-state index is 0.0462. The largest absolute Gasteiger partial charge is 0.530 e. The molecule has 0 aromatic carbocycles. The molecule has 40 nitrogen and oxygen atoms in total. The van der Waals surface area contributed by atoms with Gasteiger partial charge in [0.25, 0.3) is 0 Å². The highest BCUT2D eigenvalue weighted by atomic mass is 31.2. The quantitative estimate of drug-likeness (QED) is 0.0103. The van der Waals surface area contributed by atoms with Crippen LogP contribution in [0.15, 0.2) is 46.8 Å². The van der Waals surface area contributed by atoms with Gasteiger partial charge in [-0.25, -0.2) is 62.1 Å². The molecule has 0 aliphatic carbocycles. The Bertz CT molecular complexity index is 3200. The molecule has 0 saturated carbocycles. The van der Waals surface area contributed by atoms with Crippen LogP contribution in [0.4, 0.5) is 0 Å². The molecule has 0 radical (unpaired) electrons. The van der Waals surface area contributed by atoms with Gasteiger partial charge in [0.05, 0.1) is 59.1 Å². The summed E-state index contributed by atoms with van der Waals surface area (Å²) in [6.45, 7) is 33.9. The Kier molecular flexibility index (Phi) is 57.6. The van der Waals surface area contributed by atoms with E-state index in [1.54, 1.807) is 118 Å².